The van der Waals surface area contributed by atoms with Gasteiger partial charge in [-0.05, 0) is 57.7 Å². The van der Waals surface area contributed by atoms with Crippen LogP contribution >= 0.6 is 0 Å². The molecule has 0 bridgehead atoms. The minimum absolute atomic E-state index is 0.0802. The summed E-state index contributed by atoms with van der Waals surface area (Å²) >= 11 is 0. The molecular formula is C25H36N2O3. The highest BCUT2D eigenvalue weighted by Gasteiger charge is 2.43. The first-order valence-electron chi connectivity index (χ1n) is 12.0. The summed E-state index contributed by atoms with van der Waals surface area (Å²) in [6.07, 6.45) is 11.5. The monoisotopic (exact) mass is 412 g/mol. The summed E-state index contributed by atoms with van der Waals surface area (Å²) in [5.74, 6) is 2.12. The van der Waals surface area contributed by atoms with Crippen molar-refractivity contribution in [3.05, 3.63) is 23.8 Å². The van der Waals surface area contributed by atoms with Crippen LogP contribution in [0.3, 0.4) is 0 Å². The highest BCUT2D eigenvalue weighted by molar-refractivity contribution is 6.07. The fourth-order valence-corrected chi connectivity index (χ4v) is 5.41. The van der Waals surface area contributed by atoms with Crippen LogP contribution in [0.4, 0.5) is 0 Å². The second-order valence-electron chi connectivity index (χ2n) is 8.84. The van der Waals surface area contributed by atoms with Crippen molar-refractivity contribution in [2.45, 2.75) is 84.1 Å². The number of hydrogen-bond donors (Lipinski definition) is 0. The van der Waals surface area contributed by atoms with E-state index in [-0.39, 0.29) is 23.8 Å². The Morgan fingerprint density at radius 1 is 0.867 bits per heavy atom. The lowest BCUT2D eigenvalue weighted by Crippen LogP contribution is -2.49. The Morgan fingerprint density at radius 3 is 2.20 bits per heavy atom. The van der Waals surface area contributed by atoms with Crippen LogP contribution in [0.25, 0.3) is 0 Å². The molecule has 2 saturated carbocycles. The molecule has 2 fully saturated rings. The number of hydrogen-bond acceptors (Lipinski definition) is 4. The summed E-state index contributed by atoms with van der Waals surface area (Å²) in [7, 11) is 0. The summed E-state index contributed by atoms with van der Waals surface area (Å²) < 4.78 is 11.6. The number of nitrogens with zero attached hydrogens (tertiary/aromatic N) is 2. The first-order chi connectivity index (χ1) is 14.7. The smallest absolute Gasteiger partial charge is 0.246 e. The number of amides is 1. The Kier molecular flexibility index (Phi) is 6.96. The quantitative estimate of drug-likeness (QED) is 0.575. The van der Waals surface area contributed by atoms with Crippen molar-refractivity contribution in [1.29, 1.82) is 0 Å². The van der Waals surface area contributed by atoms with Crippen LogP contribution in [-0.4, -0.2) is 35.9 Å². The molecule has 30 heavy (non-hydrogen) atoms. The zero-order chi connectivity index (χ0) is 20.9. The predicted molar refractivity (Wildman–Crippen MR) is 119 cm³/mol. The van der Waals surface area contributed by atoms with Gasteiger partial charge in [-0.25, -0.2) is 5.01 Å². The van der Waals surface area contributed by atoms with Crippen molar-refractivity contribution < 1.29 is 14.3 Å². The van der Waals surface area contributed by atoms with Crippen molar-refractivity contribution in [3.63, 3.8) is 0 Å². The van der Waals surface area contributed by atoms with Gasteiger partial charge in [0.1, 0.15) is 0 Å². The lowest BCUT2D eigenvalue weighted by Gasteiger charge is -2.41. The molecule has 1 heterocycles. The van der Waals surface area contributed by atoms with Crippen LogP contribution in [0.15, 0.2) is 23.3 Å². The molecule has 0 aromatic heterocycles. The van der Waals surface area contributed by atoms with Gasteiger partial charge in [-0.1, -0.05) is 38.5 Å². The van der Waals surface area contributed by atoms with Gasteiger partial charge >= 0.3 is 0 Å². The number of fused-ring (bicyclic) bond motifs is 1. The third-order valence-electron chi connectivity index (χ3n) is 6.89. The normalized spacial score (nSPS) is 25.3. The number of benzene rings is 1. The van der Waals surface area contributed by atoms with Crippen molar-refractivity contribution in [2.75, 3.05) is 13.2 Å². The molecule has 5 nitrogen and oxygen atoms in total. The third-order valence-corrected chi connectivity index (χ3v) is 6.89. The summed E-state index contributed by atoms with van der Waals surface area (Å²) in [5.41, 5.74) is 2.15. The second-order valence-corrected chi connectivity index (χ2v) is 8.84. The molecule has 1 aromatic carbocycles. The zero-order valence-electron chi connectivity index (χ0n) is 18.6. The zero-order valence-corrected chi connectivity index (χ0v) is 18.6. The van der Waals surface area contributed by atoms with Crippen LogP contribution in [-0.2, 0) is 4.79 Å². The van der Waals surface area contributed by atoms with Gasteiger partial charge in [0.15, 0.2) is 11.5 Å². The minimum atomic E-state index is 0.0802. The molecule has 1 aromatic rings. The van der Waals surface area contributed by atoms with E-state index in [9.17, 15) is 4.79 Å². The van der Waals surface area contributed by atoms with E-state index in [4.69, 9.17) is 14.6 Å². The molecule has 0 spiro atoms. The molecule has 3 aliphatic rings. The van der Waals surface area contributed by atoms with E-state index in [2.05, 4.69) is 12.1 Å². The van der Waals surface area contributed by atoms with Crippen LogP contribution in [0.2, 0.25) is 0 Å². The Bertz CT molecular complexity index is 768. The largest absolute Gasteiger partial charge is 0.490 e. The number of ether oxygens (including phenoxy) is 2. The van der Waals surface area contributed by atoms with E-state index < -0.39 is 0 Å². The molecule has 4 rings (SSSR count). The van der Waals surface area contributed by atoms with E-state index in [0.717, 1.165) is 54.9 Å². The van der Waals surface area contributed by atoms with E-state index in [0.29, 0.717) is 13.2 Å². The maximum Gasteiger partial charge on any atom is 0.246 e. The van der Waals surface area contributed by atoms with Gasteiger partial charge in [0.05, 0.1) is 25.0 Å². The van der Waals surface area contributed by atoms with Gasteiger partial charge in [-0.3, -0.25) is 4.79 Å². The molecule has 2 atom stereocenters. The Labute approximate surface area is 180 Å². The first kappa shape index (κ1) is 21.2. The predicted octanol–water partition coefficient (Wildman–Crippen LogP) is 5.56. The first-order valence-corrected chi connectivity index (χ1v) is 12.0. The van der Waals surface area contributed by atoms with Crippen LogP contribution in [0, 0.1) is 11.8 Å². The Hall–Kier alpha value is -2.04. The van der Waals surface area contributed by atoms with E-state index in [1.165, 1.54) is 32.1 Å². The molecule has 1 amide bonds. The summed E-state index contributed by atoms with van der Waals surface area (Å²) in [5, 5.41) is 6.96. The average Bonchev–Trinajstić information content (AvgIpc) is 3.05. The molecule has 1 aliphatic heterocycles. The van der Waals surface area contributed by atoms with Gasteiger partial charge in [0, 0.05) is 17.4 Å². The minimum Gasteiger partial charge on any atom is -0.490 e. The molecule has 0 N–H and O–H groups in total. The number of rotatable bonds is 6. The number of hydrazone groups is 1. The van der Waals surface area contributed by atoms with Crippen molar-refractivity contribution in [2.24, 2.45) is 16.9 Å². The Balaban J connectivity index is 1.72. The third kappa shape index (κ3) is 4.35. The summed E-state index contributed by atoms with van der Waals surface area (Å²) in [4.78, 5) is 13.4. The summed E-state index contributed by atoms with van der Waals surface area (Å²) in [6, 6.07) is 6.42. The van der Waals surface area contributed by atoms with Crippen LogP contribution < -0.4 is 9.47 Å². The molecular weight excluding hydrogens is 376 g/mol. The van der Waals surface area contributed by atoms with Gasteiger partial charge in [-0.15, -0.1) is 0 Å². The molecule has 5 heteroatoms. The lowest BCUT2D eigenvalue weighted by molar-refractivity contribution is -0.141. The molecule has 0 radical (unpaired) electrons. The maximum atomic E-state index is 13.4. The lowest BCUT2D eigenvalue weighted by atomic mass is 9.73. The maximum absolute atomic E-state index is 13.4. The second kappa shape index (κ2) is 9.84. The molecule has 2 aliphatic carbocycles. The number of carbonyl (C=O) groups excluding carboxylic acids is 1. The average molecular weight is 413 g/mol. The van der Waals surface area contributed by atoms with Crippen molar-refractivity contribution in [1.82, 2.24) is 5.01 Å². The fraction of sp³-hybridized carbons (Fsp3) is 0.680. The van der Waals surface area contributed by atoms with E-state index >= 15 is 0 Å². The van der Waals surface area contributed by atoms with Gasteiger partial charge < -0.3 is 9.47 Å². The highest BCUT2D eigenvalue weighted by Crippen LogP contribution is 2.40. The van der Waals surface area contributed by atoms with Crippen molar-refractivity contribution in [3.8, 4) is 11.5 Å². The van der Waals surface area contributed by atoms with Gasteiger partial charge in [0.25, 0.3) is 0 Å². The highest BCUT2D eigenvalue weighted by atomic mass is 16.5. The van der Waals surface area contributed by atoms with E-state index in [1.807, 2.05) is 24.9 Å². The van der Waals surface area contributed by atoms with Crippen LogP contribution in [0.5, 0.6) is 11.5 Å². The van der Waals surface area contributed by atoms with Crippen molar-refractivity contribution >= 4 is 11.6 Å². The number of carbonyl (C=O) groups is 1. The summed E-state index contributed by atoms with van der Waals surface area (Å²) in [6.45, 7) is 5.17. The van der Waals surface area contributed by atoms with Gasteiger partial charge in [-0.2, -0.15) is 5.10 Å². The van der Waals surface area contributed by atoms with E-state index in [1.54, 1.807) is 0 Å². The SMILES string of the molecule is CCOc1ccc(C2=NN(C3CCCCCC3)C(=O)C3CCCCC23)cc1OCC. The molecule has 0 saturated heterocycles. The van der Waals surface area contributed by atoms with Gasteiger partial charge in [0.2, 0.25) is 5.91 Å². The Morgan fingerprint density at radius 2 is 1.50 bits per heavy atom. The van der Waals surface area contributed by atoms with Crippen LogP contribution in [0.1, 0.15) is 83.6 Å². The topological polar surface area (TPSA) is 51.1 Å². The standard InChI is InChI=1S/C25H36N2O3/c1-3-29-22-16-15-18(17-23(22)30-4-2)24-20-13-9-10-14-21(20)25(28)27(26-24)19-11-7-5-6-8-12-19/h15-17,19-21H,3-14H2,1-2H3. The fourth-order valence-electron chi connectivity index (χ4n) is 5.41. The molecule has 164 valence electrons. The molecule has 2 unspecified atom stereocenters.